The van der Waals surface area contributed by atoms with E-state index in [-0.39, 0.29) is 17.1 Å². The zero-order valence-corrected chi connectivity index (χ0v) is 13.7. The number of aryl methyl sites for hydroxylation is 2. The second-order valence-electron chi connectivity index (χ2n) is 3.31. The number of hydrogen-bond donors (Lipinski definition) is 2. The summed E-state index contributed by atoms with van der Waals surface area (Å²) >= 11 is -11.2. The van der Waals surface area contributed by atoms with Gasteiger partial charge in [0, 0.05) is 24.8 Å². The summed E-state index contributed by atoms with van der Waals surface area (Å²) in [6, 6.07) is 0. The van der Waals surface area contributed by atoms with Crippen molar-refractivity contribution in [2.45, 2.75) is 13.8 Å². The van der Waals surface area contributed by atoms with Crippen LogP contribution in [0.1, 0.15) is 11.6 Å². The van der Waals surface area contributed by atoms with Gasteiger partial charge in [-0.05, 0) is 13.8 Å². The Morgan fingerprint density at radius 2 is 1.05 bits per heavy atom. The molecule has 2 aromatic heterocycles. The predicted molar refractivity (Wildman–Crippen MR) is 59.1 cm³/mol. The van der Waals surface area contributed by atoms with Crippen LogP contribution < -0.4 is 0 Å². The molecular formula is C8H12CuF6N4Sb. The first kappa shape index (κ1) is 21.6. The van der Waals surface area contributed by atoms with Gasteiger partial charge in [-0.2, -0.15) is 0 Å². The van der Waals surface area contributed by atoms with Gasteiger partial charge in [-0.3, -0.25) is 0 Å². The second kappa shape index (κ2) is 6.86. The Morgan fingerprint density at radius 3 is 1.10 bits per heavy atom. The van der Waals surface area contributed by atoms with E-state index in [4.69, 9.17) is 0 Å². The molecule has 0 saturated carbocycles. The van der Waals surface area contributed by atoms with E-state index >= 15 is 0 Å². The molecule has 2 N–H and O–H groups in total. The van der Waals surface area contributed by atoms with Crippen LogP contribution in [0, 0.1) is 13.8 Å². The molecule has 0 bridgehead atoms. The Morgan fingerprint density at radius 1 is 0.800 bits per heavy atom. The van der Waals surface area contributed by atoms with Crippen molar-refractivity contribution in [2.24, 2.45) is 0 Å². The standard InChI is InChI=1S/2C4H6N2.Cu.6FH.Sb/c2*1-4-5-2-3-6-4;;;;;;;;/h2*2-3H,1H3,(H,5,6);;6*1H;/q;;+1;;;;;;;+5/p-6. The van der Waals surface area contributed by atoms with Gasteiger partial charge < -0.3 is 9.97 Å². The van der Waals surface area contributed by atoms with Gasteiger partial charge in [0.15, 0.2) is 0 Å². The van der Waals surface area contributed by atoms with Crippen LogP contribution in [0.25, 0.3) is 0 Å². The Bertz CT molecular complexity index is 422. The second-order valence-corrected chi connectivity index (χ2v) is 8.78. The molecule has 2 aromatic rings. The molecule has 0 fully saturated rings. The molecule has 2 rings (SSSR count). The van der Waals surface area contributed by atoms with Gasteiger partial charge in [0.1, 0.15) is 11.6 Å². The molecule has 0 aliphatic heterocycles. The van der Waals surface area contributed by atoms with Gasteiger partial charge in [-0.25, -0.2) is 9.97 Å². The van der Waals surface area contributed by atoms with E-state index in [1.807, 2.05) is 13.8 Å². The average Bonchev–Trinajstić information content (AvgIpc) is 2.73. The van der Waals surface area contributed by atoms with Crippen LogP contribution in [-0.4, -0.2) is 39.4 Å². The molecule has 2 heterocycles. The summed E-state index contributed by atoms with van der Waals surface area (Å²) < 4.78 is 59.6. The van der Waals surface area contributed by atoms with E-state index < -0.39 is 19.5 Å². The van der Waals surface area contributed by atoms with Crippen molar-refractivity contribution in [3.05, 3.63) is 36.4 Å². The molecule has 0 radical (unpaired) electrons. The molecule has 20 heavy (non-hydrogen) atoms. The molecule has 0 saturated heterocycles. The molecule has 4 nitrogen and oxygen atoms in total. The van der Waals surface area contributed by atoms with E-state index in [2.05, 4.69) is 19.9 Å². The molecule has 0 amide bonds. The summed E-state index contributed by atoms with van der Waals surface area (Å²) in [6.45, 7) is 3.83. The van der Waals surface area contributed by atoms with Gasteiger partial charge >= 0.3 is 53.4 Å². The predicted octanol–water partition coefficient (Wildman–Crippen LogP) is 3.57. The first-order chi connectivity index (χ1) is 8.24. The maximum absolute atomic E-state index is 11.2. The fraction of sp³-hybridized carbons (Fsp3) is 0.250. The fourth-order valence-corrected chi connectivity index (χ4v) is 0.688. The Balaban J connectivity index is 0. The monoisotopic (exact) mass is 462 g/mol. The number of hydrogen-bond acceptors (Lipinski definition) is 2. The molecule has 0 aliphatic rings. The van der Waals surface area contributed by atoms with Crippen molar-refractivity contribution in [2.75, 3.05) is 0 Å². The molecule has 0 unspecified atom stereocenters. The molecular weight excluding hydrogens is 451 g/mol. The number of nitrogens with one attached hydrogen (secondary N) is 2. The van der Waals surface area contributed by atoms with Crippen LogP contribution in [0.4, 0.5) is 16.9 Å². The normalized spacial score (nSPS) is 13.4. The van der Waals surface area contributed by atoms with Crippen molar-refractivity contribution in [1.82, 2.24) is 19.9 Å². The number of rotatable bonds is 0. The van der Waals surface area contributed by atoms with E-state index in [1.165, 1.54) is 0 Å². The summed E-state index contributed by atoms with van der Waals surface area (Å²) in [6.07, 6.45) is 7.06. The van der Waals surface area contributed by atoms with Gasteiger partial charge in [-0.15, -0.1) is 0 Å². The summed E-state index contributed by atoms with van der Waals surface area (Å²) in [5, 5.41) is 0. The van der Waals surface area contributed by atoms with E-state index in [0.29, 0.717) is 0 Å². The summed E-state index contributed by atoms with van der Waals surface area (Å²) in [5.41, 5.74) is 0. The molecule has 0 atom stereocenters. The Hall–Kier alpha value is -0.662. The van der Waals surface area contributed by atoms with Crippen LogP contribution in [0.5, 0.6) is 0 Å². The number of H-pyrrole nitrogens is 2. The number of imidazole rings is 2. The van der Waals surface area contributed by atoms with Crippen LogP contribution in [0.2, 0.25) is 0 Å². The number of aromatic amines is 2. The van der Waals surface area contributed by atoms with Gasteiger partial charge in [-0.1, -0.05) is 0 Å². The summed E-state index contributed by atoms with van der Waals surface area (Å²) in [5.74, 6) is 1.94. The van der Waals surface area contributed by atoms with Gasteiger partial charge in [0.05, 0.1) is 0 Å². The third-order valence-electron chi connectivity index (χ3n) is 1.27. The minimum atomic E-state index is -11.2. The molecule has 0 spiro atoms. The molecule has 0 aliphatic carbocycles. The number of nitrogens with zero attached hydrogens (tertiary/aromatic N) is 2. The van der Waals surface area contributed by atoms with Crippen molar-refractivity contribution in [3.63, 3.8) is 0 Å². The molecule has 122 valence electrons. The summed E-state index contributed by atoms with van der Waals surface area (Å²) in [4.78, 5) is 13.5. The quantitative estimate of drug-likeness (QED) is 0.464. The maximum atomic E-state index is 9.93. The van der Waals surface area contributed by atoms with E-state index in [1.54, 1.807) is 24.8 Å². The summed E-state index contributed by atoms with van der Waals surface area (Å²) in [7, 11) is 0. The first-order valence-electron chi connectivity index (χ1n) is 4.72. The Kier molecular flexibility index (Phi) is 7.42. The minimum absolute atomic E-state index is 0. The molecule has 12 heteroatoms. The van der Waals surface area contributed by atoms with Crippen molar-refractivity contribution >= 4 is 19.5 Å². The topological polar surface area (TPSA) is 57.4 Å². The van der Waals surface area contributed by atoms with Gasteiger partial charge in [0.2, 0.25) is 0 Å². The van der Waals surface area contributed by atoms with E-state index in [9.17, 15) is 16.9 Å². The average molecular weight is 464 g/mol. The third kappa shape index (κ3) is 26.0. The van der Waals surface area contributed by atoms with Crippen LogP contribution in [-0.2, 0) is 17.1 Å². The zero-order chi connectivity index (χ0) is 15.2. The van der Waals surface area contributed by atoms with Crippen molar-refractivity contribution < 1.29 is 33.9 Å². The third-order valence-corrected chi connectivity index (χ3v) is 1.27. The van der Waals surface area contributed by atoms with E-state index in [0.717, 1.165) is 11.6 Å². The van der Waals surface area contributed by atoms with Gasteiger partial charge in [0.25, 0.3) is 0 Å². The Labute approximate surface area is 123 Å². The van der Waals surface area contributed by atoms with Crippen LogP contribution in [0.3, 0.4) is 0 Å². The fourth-order valence-electron chi connectivity index (χ4n) is 0.688. The number of halogens is 6. The molecule has 0 aromatic carbocycles. The van der Waals surface area contributed by atoms with Crippen molar-refractivity contribution in [3.8, 4) is 0 Å². The zero-order valence-electron chi connectivity index (χ0n) is 10.2. The van der Waals surface area contributed by atoms with Crippen LogP contribution in [0.15, 0.2) is 24.8 Å². The first-order valence-corrected chi connectivity index (χ1v) is 10.5. The number of aromatic nitrogens is 4. The van der Waals surface area contributed by atoms with Crippen molar-refractivity contribution in [1.29, 1.82) is 0 Å². The SMILES string of the molecule is Cc1ncc[nH]1.Cc1ncc[nH]1.[Cu+].[F][Sb-]([F])([F])([F])([F])[F]. The van der Waals surface area contributed by atoms with Crippen LogP contribution >= 0.6 is 0 Å².